The molecule has 0 saturated carbocycles. The molecular weight excluding hydrogens is 371 g/mol. The lowest BCUT2D eigenvalue weighted by atomic mass is 10.1. The first-order valence-corrected chi connectivity index (χ1v) is 10.2. The Morgan fingerprint density at radius 1 is 1.15 bits per heavy atom. The van der Waals surface area contributed by atoms with E-state index in [4.69, 9.17) is 4.74 Å². The van der Waals surface area contributed by atoms with Gasteiger partial charge in [0.15, 0.2) is 0 Å². The standard InChI is InChI=1S/C19H23FN2O4S/c1-14-5-4-6-18(15(14)2)22(27(3,24)25)13-19(23)21-11-12-26-17-9-7-16(20)8-10-17/h4-10H,11-13H2,1-3H3,(H,21,23). The third kappa shape index (κ3) is 5.96. The van der Waals surface area contributed by atoms with E-state index in [1.165, 1.54) is 24.3 Å². The second-order valence-corrected chi connectivity index (χ2v) is 8.05. The van der Waals surface area contributed by atoms with Crippen molar-refractivity contribution in [2.45, 2.75) is 13.8 Å². The van der Waals surface area contributed by atoms with Gasteiger partial charge in [-0.15, -0.1) is 0 Å². The number of ether oxygens (including phenoxy) is 1. The van der Waals surface area contributed by atoms with Gasteiger partial charge in [0.2, 0.25) is 15.9 Å². The lowest BCUT2D eigenvalue weighted by Gasteiger charge is -2.24. The van der Waals surface area contributed by atoms with Gasteiger partial charge in [0, 0.05) is 0 Å². The molecule has 0 fully saturated rings. The molecule has 146 valence electrons. The van der Waals surface area contributed by atoms with Gasteiger partial charge in [-0.05, 0) is 55.3 Å². The third-order valence-corrected chi connectivity index (χ3v) is 5.17. The Hall–Kier alpha value is -2.61. The number of sulfonamides is 1. The highest BCUT2D eigenvalue weighted by Crippen LogP contribution is 2.24. The second-order valence-electron chi connectivity index (χ2n) is 6.14. The molecule has 2 aromatic rings. The molecule has 0 aromatic heterocycles. The van der Waals surface area contributed by atoms with Crippen molar-refractivity contribution >= 4 is 21.6 Å². The summed E-state index contributed by atoms with van der Waals surface area (Å²) in [5.74, 6) is -0.314. The topological polar surface area (TPSA) is 75.7 Å². The number of hydrogen-bond donors (Lipinski definition) is 1. The number of nitrogens with zero attached hydrogens (tertiary/aromatic N) is 1. The number of hydrogen-bond acceptors (Lipinski definition) is 4. The Bertz CT molecular complexity index is 898. The number of nitrogens with one attached hydrogen (secondary N) is 1. The Labute approximate surface area is 159 Å². The number of aryl methyl sites for hydroxylation is 1. The maximum absolute atomic E-state index is 12.8. The number of amides is 1. The van der Waals surface area contributed by atoms with Crippen LogP contribution in [0.15, 0.2) is 42.5 Å². The Balaban J connectivity index is 1.94. The molecule has 0 heterocycles. The molecule has 6 nitrogen and oxygen atoms in total. The lowest BCUT2D eigenvalue weighted by molar-refractivity contribution is -0.119. The highest BCUT2D eigenvalue weighted by atomic mass is 32.2. The van der Waals surface area contributed by atoms with Gasteiger partial charge in [-0.25, -0.2) is 12.8 Å². The zero-order chi connectivity index (χ0) is 20.0. The van der Waals surface area contributed by atoms with E-state index in [9.17, 15) is 17.6 Å². The van der Waals surface area contributed by atoms with Crippen molar-refractivity contribution in [2.24, 2.45) is 0 Å². The van der Waals surface area contributed by atoms with Crippen molar-refractivity contribution in [3.05, 3.63) is 59.4 Å². The van der Waals surface area contributed by atoms with Crippen molar-refractivity contribution in [3.8, 4) is 5.75 Å². The van der Waals surface area contributed by atoms with Gasteiger partial charge < -0.3 is 10.1 Å². The van der Waals surface area contributed by atoms with E-state index in [1.807, 2.05) is 19.9 Å². The summed E-state index contributed by atoms with van der Waals surface area (Å²) < 4.78 is 43.6. The minimum atomic E-state index is -3.62. The number of carbonyl (C=O) groups excluding carboxylic acids is 1. The van der Waals surface area contributed by atoms with Crippen molar-refractivity contribution < 1.29 is 22.3 Å². The van der Waals surface area contributed by atoms with E-state index in [0.717, 1.165) is 21.7 Å². The van der Waals surface area contributed by atoms with Crippen molar-refractivity contribution in [1.29, 1.82) is 0 Å². The number of halogens is 1. The molecule has 1 N–H and O–H groups in total. The van der Waals surface area contributed by atoms with Gasteiger partial charge in [0.1, 0.15) is 24.7 Å². The van der Waals surface area contributed by atoms with Crippen LogP contribution in [0.25, 0.3) is 0 Å². The number of benzene rings is 2. The normalized spacial score (nSPS) is 11.1. The van der Waals surface area contributed by atoms with Crippen LogP contribution in [0.5, 0.6) is 5.75 Å². The molecule has 2 rings (SSSR count). The number of anilines is 1. The summed E-state index contributed by atoms with van der Waals surface area (Å²) in [4.78, 5) is 12.2. The lowest BCUT2D eigenvalue weighted by Crippen LogP contribution is -2.41. The largest absolute Gasteiger partial charge is 0.492 e. The molecule has 0 aliphatic rings. The van der Waals surface area contributed by atoms with Crippen LogP contribution in [0, 0.1) is 19.7 Å². The molecule has 0 saturated heterocycles. The Morgan fingerprint density at radius 3 is 2.44 bits per heavy atom. The van der Waals surface area contributed by atoms with Crippen LogP contribution >= 0.6 is 0 Å². The summed E-state index contributed by atoms with van der Waals surface area (Å²) >= 11 is 0. The molecule has 0 spiro atoms. The second kappa shape index (κ2) is 8.85. The van der Waals surface area contributed by atoms with Crippen molar-refractivity contribution in [1.82, 2.24) is 5.32 Å². The molecule has 0 atom stereocenters. The monoisotopic (exact) mass is 394 g/mol. The molecule has 0 radical (unpaired) electrons. The third-order valence-electron chi connectivity index (χ3n) is 4.04. The fraction of sp³-hybridized carbons (Fsp3) is 0.316. The molecule has 0 aliphatic heterocycles. The van der Waals surface area contributed by atoms with Crippen LogP contribution in [0.3, 0.4) is 0 Å². The smallest absolute Gasteiger partial charge is 0.240 e. The van der Waals surface area contributed by atoms with Crippen LogP contribution in [-0.2, 0) is 14.8 Å². The Morgan fingerprint density at radius 2 is 1.81 bits per heavy atom. The van der Waals surface area contributed by atoms with Gasteiger partial charge in [0.05, 0.1) is 18.5 Å². The zero-order valence-corrected chi connectivity index (χ0v) is 16.3. The Kier molecular flexibility index (Phi) is 6.79. The first kappa shape index (κ1) is 20.7. The fourth-order valence-corrected chi connectivity index (χ4v) is 3.37. The zero-order valence-electron chi connectivity index (χ0n) is 15.5. The van der Waals surface area contributed by atoms with Crippen LogP contribution in [0.4, 0.5) is 10.1 Å². The van der Waals surface area contributed by atoms with Gasteiger partial charge in [-0.2, -0.15) is 0 Å². The van der Waals surface area contributed by atoms with E-state index in [0.29, 0.717) is 11.4 Å². The molecule has 0 bridgehead atoms. The first-order chi connectivity index (χ1) is 12.7. The number of carbonyl (C=O) groups is 1. The summed E-state index contributed by atoms with van der Waals surface area (Å²) in [5, 5.41) is 2.63. The first-order valence-electron chi connectivity index (χ1n) is 8.37. The van der Waals surface area contributed by atoms with Crippen molar-refractivity contribution in [2.75, 3.05) is 30.3 Å². The van der Waals surface area contributed by atoms with Gasteiger partial charge in [-0.3, -0.25) is 9.10 Å². The van der Waals surface area contributed by atoms with E-state index in [1.54, 1.807) is 12.1 Å². The van der Waals surface area contributed by atoms with Crippen molar-refractivity contribution in [3.63, 3.8) is 0 Å². The van der Waals surface area contributed by atoms with E-state index in [2.05, 4.69) is 5.32 Å². The number of rotatable bonds is 8. The molecule has 1 amide bonds. The van der Waals surface area contributed by atoms with E-state index >= 15 is 0 Å². The summed E-state index contributed by atoms with van der Waals surface area (Å²) in [6, 6.07) is 10.8. The SMILES string of the molecule is Cc1cccc(N(CC(=O)NCCOc2ccc(F)cc2)S(C)(=O)=O)c1C. The predicted octanol–water partition coefficient (Wildman–Crippen LogP) is 2.40. The average Bonchev–Trinajstić information content (AvgIpc) is 2.60. The summed E-state index contributed by atoms with van der Waals surface area (Å²) in [5.41, 5.74) is 2.22. The van der Waals surface area contributed by atoms with Gasteiger partial charge in [0.25, 0.3) is 0 Å². The molecule has 0 unspecified atom stereocenters. The van der Waals surface area contributed by atoms with Gasteiger partial charge >= 0.3 is 0 Å². The predicted molar refractivity (Wildman–Crippen MR) is 103 cm³/mol. The molecule has 8 heteroatoms. The molecular formula is C19H23FN2O4S. The fourth-order valence-electron chi connectivity index (χ4n) is 2.46. The molecule has 2 aromatic carbocycles. The molecule has 0 aliphatic carbocycles. The summed E-state index contributed by atoms with van der Waals surface area (Å²) in [6.07, 6.45) is 1.07. The quantitative estimate of drug-likeness (QED) is 0.698. The highest BCUT2D eigenvalue weighted by Gasteiger charge is 2.22. The van der Waals surface area contributed by atoms with E-state index < -0.39 is 15.9 Å². The van der Waals surface area contributed by atoms with Crippen LogP contribution < -0.4 is 14.4 Å². The van der Waals surface area contributed by atoms with Gasteiger partial charge in [-0.1, -0.05) is 12.1 Å². The molecule has 27 heavy (non-hydrogen) atoms. The minimum Gasteiger partial charge on any atom is -0.492 e. The summed E-state index contributed by atoms with van der Waals surface area (Å²) in [7, 11) is -3.62. The van der Waals surface area contributed by atoms with E-state index in [-0.39, 0.29) is 25.5 Å². The highest BCUT2D eigenvalue weighted by molar-refractivity contribution is 7.92. The maximum Gasteiger partial charge on any atom is 0.240 e. The minimum absolute atomic E-state index is 0.180. The van der Waals surface area contributed by atoms with Crippen LogP contribution in [0.2, 0.25) is 0 Å². The average molecular weight is 394 g/mol. The maximum atomic E-state index is 12.8. The van der Waals surface area contributed by atoms with Crippen LogP contribution in [0.1, 0.15) is 11.1 Å². The summed E-state index contributed by atoms with van der Waals surface area (Å²) in [6.45, 7) is 3.75. The van der Waals surface area contributed by atoms with Crippen LogP contribution in [-0.4, -0.2) is 40.3 Å².